The summed E-state index contributed by atoms with van der Waals surface area (Å²) in [7, 11) is 0. The minimum absolute atomic E-state index is 0.432. The monoisotopic (exact) mass is 275 g/mol. The smallest absolute Gasteiger partial charge is 0.0773 e. The van der Waals surface area contributed by atoms with Crippen LogP contribution in [0.3, 0.4) is 0 Å². The van der Waals surface area contributed by atoms with Crippen molar-refractivity contribution in [3.05, 3.63) is 70.2 Å². The van der Waals surface area contributed by atoms with Gasteiger partial charge in [-0.3, -0.25) is 0 Å². The lowest BCUT2D eigenvalue weighted by molar-refractivity contribution is 0.145. The highest BCUT2D eigenvalue weighted by Gasteiger charge is 2.17. The van der Waals surface area contributed by atoms with Gasteiger partial charge in [-0.2, -0.15) is 0 Å². The fourth-order valence-corrected chi connectivity index (χ4v) is 2.21. The molecule has 2 aromatic carbocycles. The molecule has 0 fully saturated rings. The number of hydrogen-bond acceptors (Lipinski definition) is 2. The van der Waals surface area contributed by atoms with Gasteiger partial charge in [-0.05, 0) is 29.7 Å². The van der Waals surface area contributed by atoms with Crippen molar-refractivity contribution in [2.75, 3.05) is 0 Å². The maximum Gasteiger partial charge on any atom is 0.0773 e. The number of nitrogens with two attached hydrogens (primary N) is 1. The van der Waals surface area contributed by atoms with Crippen LogP contribution in [0.4, 0.5) is 0 Å². The molecule has 0 unspecified atom stereocenters. The summed E-state index contributed by atoms with van der Waals surface area (Å²) < 4.78 is 0. The maximum atomic E-state index is 10.2. The Morgan fingerprint density at radius 3 is 2.47 bits per heavy atom. The molecule has 0 heterocycles. The minimum atomic E-state index is -0.624. The zero-order chi connectivity index (χ0) is 13.8. The van der Waals surface area contributed by atoms with E-state index in [-0.39, 0.29) is 0 Å². The van der Waals surface area contributed by atoms with E-state index in [1.165, 1.54) is 0 Å². The summed E-state index contributed by atoms with van der Waals surface area (Å²) in [6, 6.07) is 15.1. The molecule has 0 aliphatic carbocycles. The molecule has 0 saturated carbocycles. The summed E-state index contributed by atoms with van der Waals surface area (Å²) in [5, 5.41) is 10.9. The normalized spacial score (nSPS) is 14.1. The lowest BCUT2D eigenvalue weighted by atomic mass is 9.96. The second-order valence-corrected chi connectivity index (χ2v) is 5.20. The van der Waals surface area contributed by atoms with E-state index >= 15 is 0 Å². The molecule has 0 amide bonds. The van der Waals surface area contributed by atoms with Crippen molar-refractivity contribution in [1.82, 2.24) is 0 Å². The fourth-order valence-electron chi connectivity index (χ4n) is 2.02. The Kier molecular flexibility index (Phi) is 4.59. The standard InChI is InChI=1S/C16H18ClNO/c1-11-7-8-13(10-14(11)17)16(18)15(19)9-12-5-3-2-4-6-12/h2-8,10,15-16,19H,9,18H2,1H3/t15-,16+/m1/s1. The van der Waals surface area contributed by atoms with Gasteiger partial charge >= 0.3 is 0 Å². The lowest BCUT2D eigenvalue weighted by Crippen LogP contribution is -2.28. The van der Waals surface area contributed by atoms with Crippen molar-refractivity contribution >= 4 is 11.6 Å². The SMILES string of the molecule is Cc1ccc([C@H](N)[C@H](O)Cc2ccccc2)cc1Cl. The van der Waals surface area contributed by atoms with E-state index in [0.29, 0.717) is 11.4 Å². The Morgan fingerprint density at radius 1 is 1.16 bits per heavy atom. The van der Waals surface area contributed by atoms with Crippen molar-refractivity contribution in [3.63, 3.8) is 0 Å². The third-order valence-corrected chi connectivity index (χ3v) is 3.69. The first-order valence-electron chi connectivity index (χ1n) is 6.31. The number of halogens is 1. The fraction of sp³-hybridized carbons (Fsp3) is 0.250. The van der Waals surface area contributed by atoms with Crippen LogP contribution in [-0.4, -0.2) is 11.2 Å². The molecule has 3 N–H and O–H groups in total. The number of hydrogen-bond donors (Lipinski definition) is 2. The van der Waals surface area contributed by atoms with Crippen LogP contribution in [0, 0.1) is 6.92 Å². The second kappa shape index (κ2) is 6.20. The van der Waals surface area contributed by atoms with E-state index in [2.05, 4.69) is 0 Å². The van der Waals surface area contributed by atoms with Crippen LogP contribution in [0.25, 0.3) is 0 Å². The molecule has 19 heavy (non-hydrogen) atoms. The molecule has 2 atom stereocenters. The Labute approximate surface area is 118 Å². The summed E-state index contributed by atoms with van der Waals surface area (Å²) in [5.74, 6) is 0. The molecule has 0 spiro atoms. The van der Waals surface area contributed by atoms with Crippen molar-refractivity contribution in [2.45, 2.75) is 25.5 Å². The highest BCUT2D eigenvalue weighted by molar-refractivity contribution is 6.31. The maximum absolute atomic E-state index is 10.2. The first-order chi connectivity index (χ1) is 9.08. The first-order valence-corrected chi connectivity index (χ1v) is 6.69. The van der Waals surface area contributed by atoms with Crippen molar-refractivity contribution in [1.29, 1.82) is 0 Å². The van der Waals surface area contributed by atoms with Crippen LogP contribution >= 0.6 is 11.6 Å². The third-order valence-electron chi connectivity index (χ3n) is 3.28. The van der Waals surface area contributed by atoms with Gasteiger partial charge in [0.2, 0.25) is 0 Å². The van der Waals surface area contributed by atoms with E-state index < -0.39 is 12.1 Å². The van der Waals surface area contributed by atoms with Crippen molar-refractivity contribution in [3.8, 4) is 0 Å². The van der Waals surface area contributed by atoms with Gasteiger partial charge in [0.25, 0.3) is 0 Å². The molecule has 3 heteroatoms. The number of rotatable bonds is 4. The molecule has 100 valence electrons. The molecular weight excluding hydrogens is 258 g/mol. The van der Waals surface area contributed by atoms with Crippen molar-refractivity contribution < 1.29 is 5.11 Å². The van der Waals surface area contributed by atoms with E-state index in [1.54, 1.807) is 0 Å². The zero-order valence-electron chi connectivity index (χ0n) is 10.9. The van der Waals surface area contributed by atoms with E-state index in [1.807, 2.05) is 55.5 Å². The van der Waals surface area contributed by atoms with Crippen LogP contribution in [0.2, 0.25) is 5.02 Å². The minimum Gasteiger partial charge on any atom is -0.391 e. The van der Waals surface area contributed by atoms with Crippen LogP contribution in [0.1, 0.15) is 22.7 Å². The predicted octanol–water partition coefficient (Wildman–Crippen LogP) is 3.25. The molecule has 0 radical (unpaired) electrons. The number of aliphatic hydroxyl groups is 1. The highest BCUT2D eigenvalue weighted by Crippen LogP contribution is 2.23. The lowest BCUT2D eigenvalue weighted by Gasteiger charge is -2.20. The molecule has 0 aliphatic heterocycles. The highest BCUT2D eigenvalue weighted by atomic mass is 35.5. The molecule has 0 bridgehead atoms. The van der Waals surface area contributed by atoms with Gasteiger partial charge in [0.05, 0.1) is 12.1 Å². The Bertz CT molecular complexity index is 542. The van der Waals surface area contributed by atoms with E-state index in [0.717, 1.165) is 16.7 Å². The predicted molar refractivity (Wildman–Crippen MR) is 79.3 cm³/mol. The quantitative estimate of drug-likeness (QED) is 0.900. The van der Waals surface area contributed by atoms with Gasteiger partial charge in [-0.15, -0.1) is 0 Å². The first kappa shape index (κ1) is 14.1. The van der Waals surface area contributed by atoms with Crippen LogP contribution in [0.15, 0.2) is 48.5 Å². The topological polar surface area (TPSA) is 46.2 Å². The summed E-state index contributed by atoms with van der Waals surface area (Å²) >= 11 is 6.09. The molecule has 2 rings (SSSR count). The van der Waals surface area contributed by atoms with Crippen LogP contribution in [0.5, 0.6) is 0 Å². The number of aryl methyl sites for hydroxylation is 1. The van der Waals surface area contributed by atoms with Crippen LogP contribution in [-0.2, 0) is 6.42 Å². The Hall–Kier alpha value is -1.35. The van der Waals surface area contributed by atoms with Crippen LogP contribution < -0.4 is 5.73 Å². The Morgan fingerprint density at radius 2 is 1.84 bits per heavy atom. The average molecular weight is 276 g/mol. The second-order valence-electron chi connectivity index (χ2n) is 4.79. The van der Waals surface area contributed by atoms with Gasteiger partial charge < -0.3 is 10.8 Å². The van der Waals surface area contributed by atoms with Gasteiger partial charge in [0.1, 0.15) is 0 Å². The zero-order valence-corrected chi connectivity index (χ0v) is 11.6. The van der Waals surface area contributed by atoms with Gasteiger partial charge in [-0.25, -0.2) is 0 Å². The largest absolute Gasteiger partial charge is 0.391 e. The molecule has 0 aromatic heterocycles. The number of aliphatic hydroxyl groups excluding tert-OH is 1. The van der Waals surface area contributed by atoms with Gasteiger partial charge in [-0.1, -0.05) is 54.1 Å². The third kappa shape index (κ3) is 3.57. The molecule has 0 aliphatic rings. The summed E-state index contributed by atoms with van der Waals surface area (Å²) in [6.45, 7) is 1.94. The summed E-state index contributed by atoms with van der Waals surface area (Å²) in [6.07, 6.45) is -0.0887. The van der Waals surface area contributed by atoms with Gasteiger partial charge in [0.15, 0.2) is 0 Å². The van der Waals surface area contributed by atoms with Crippen molar-refractivity contribution in [2.24, 2.45) is 5.73 Å². The molecular formula is C16H18ClNO. The summed E-state index contributed by atoms with van der Waals surface area (Å²) in [5.41, 5.74) is 9.04. The Balaban J connectivity index is 2.10. The summed E-state index contributed by atoms with van der Waals surface area (Å²) in [4.78, 5) is 0. The number of benzene rings is 2. The average Bonchev–Trinajstić information content (AvgIpc) is 2.42. The van der Waals surface area contributed by atoms with E-state index in [9.17, 15) is 5.11 Å². The van der Waals surface area contributed by atoms with E-state index in [4.69, 9.17) is 17.3 Å². The molecule has 0 saturated heterocycles. The molecule has 2 nitrogen and oxygen atoms in total. The van der Waals surface area contributed by atoms with Gasteiger partial charge in [0, 0.05) is 11.4 Å². The molecule has 2 aromatic rings.